The van der Waals surface area contributed by atoms with Crippen LogP contribution in [0.5, 0.6) is 0 Å². The Kier molecular flexibility index (Phi) is 19.5. The molecule has 0 saturated heterocycles. The normalized spacial score (nSPS) is 9.18. The Labute approximate surface area is 298 Å². The molecule has 4 N–H and O–H groups in total. The van der Waals surface area contributed by atoms with Crippen molar-refractivity contribution in [3.8, 4) is 0 Å². The van der Waals surface area contributed by atoms with Crippen molar-refractivity contribution in [2.75, 3.05) is 0 Å². The summed E-state index contributed by atoms with van der Waals surface area (Å²) in [7, 11) is 9.34. The summed E-state index contributed by atoms with van der Waals surface area (Å²) in [5, 5.41) is 37.1. The predicted molar refractivity (Wildman–Crippen MR) is 188 cm³/mol. The van der Waals surface area contributed by atoms with E-state index in [0.29, 0.717) is 0 Å². The molecule has 0 radical (unpaired) electrons. The van der Waals surface area contributed by atoms with Crippen LogP contribution in [-0.2, 0) is 13.1 Å². The van der Waals surface area contributed by atoms with Gasteiger partial charge in [0.05, 0.1) is 24.8 Å². The molecular formula is C34H32Cl2CuN12. The minimum absolute atomic E-state index is 0.757. The third kappa shape index (κ3) is 15.6. The van der Waals surface area contributed by atoms with Gasteiger partial charge in [-0.25, -0.2) is 0 Å². The number of rotatable bonds is 4. The number of hydrogen-bond donors (Lipinski definition) is 4. The molecule has 0 bridgehead atoms. The predicted octanol–water partition coefficient (Wildman–Crippen LogP) is 7.29. The SMILES string of the molecule is [Cl][Cu][Cl].c1c[nH]nn1.c1c[nH]nn1.c1c[nH]nn1.c1c[nH]nn1.c1ccc(C(=C(c2ccccc2)c2ccccc2)c2ccccc2)cc1. The zero-order chi connectivity index (χ0) is 34.5. The summed E-state index contributed by atoms with van der Waals surface area (Å²) in [5.41, 5.74) is 7.40. The third-order valence-corrected chi connectivity index (χ3v) is 5.82. The Morgan fingerprint density at radius 1 is 0.367 bits per heavy atom. The molecular weight excluding hydrogens is 711 g/mol. The molecule has 0 spiro atoms. The minimum atomic E-state index is 0.757. The molecule has 0 aliphatic heterocycles. The van der Waals surface area contributed by atoms with Gasteiger partial charge in [0.1, 0.15) is 0 Å². The van der Waals surface area contributed by atoms with Gasteiger partial charge in [-0.2, -0.15) is 0 Å². The summed E-state index contributed by atoms with van der Waals surface area (Å²) in [6, 6.07) is 42.6. The largest absolute Gasteiger partial charge is 0.266 e. The second kappa shape index (κ2) is 25.4. The standard InChI is InChI=1S/C26H20.4C2H3N3.2ClH.Cu/c1-5-13-21(14-6-1)25(22-15-7-2-8-16-22)26(23-17-9-3-10-18-23)24-19-11-4-12-20-24;4*1-2-4-5-3-1;;;/h1-20H;4*1-2H,(H,3,4,5);2*1H;/q;;;;;;;+2/p-2. The molecule has 0 fully saturated rings. The van der Waals surface area contributed by atoms with Crippen molar-refractivity contribution in [2.24, 2.45) is 0 Å². The number of benzene rings is 4. The Balaban J connectivity index is 0.000000224. The van der Waals surface area contributed by atoms with Crippen LogP contribution in [0.4, 0.5) is 0 Å². The van der Waals surface area contributed by atoms with Crippen molar-refractivity contribution < 1.29 is 13.1 Å². The molecule has 0 aliphatic rings. The van der Waals surface area contributed by atoms with Crippen molar-refractivity contribution in [3.05, 3.63) is 193 Å². The fourth-order valence-electron chi connectivity index (χ4n) is 4.00. The first-order chi connectivity index (χ1) is 24.3. The number of halogens is 2. The van der Waals surface area contributed by atoms with Crippen molar-refractivity contribution >= 4 is 31.3 Å². The Morgan fingerprint density at radius 2 is 0.571 bits per heavy atom. The van der Waals surface area contributed by atoms with Gasteiger partial charge < -0.3 is 0 Å². The van der Waals surface area contributed by atoms with Gasteiger partial charge in [0, 0.05) is 24.8 Å². The van der Waals surface area contributed by atoms with Crippen LogP contribution in [0.25, 0.3) is 11.1 Å². The second-order valence-electron chi connectivity index (χ2n) is 8.90. The number of hydrogen-bond acceptors (Lipinski definition) is 8. The first kappa shape index (κ1) is 37.7. The molecule has 49 heavy (non-hydrogen) atoms. The molecule has 4 aromatic heterocycles. The molecule has 0 atom stereocenters. The average Bonchev–Trinajstić information content (AvgIpc) is 4.02. The Bertz CT molecular complexity index is 1490. The van der Waals surface area contributed by atoms with E-state index in [-0.39, 0.29) is 0 Å². The topological polar surface area (TPSA) is 166 Å². The smallest absolute Gasteiger partial charge is 0.0690 e. The van der Waals surface area contributed by atoms with Crippen LogP contribution >= 0.6 is 20.2 Å². The number of H-pyrrole nitrogens is 4. The summed E-state index contributed by atoms with van der Waals surface area (Å²) in [4.78, 5) is 0. The number of aromatic nitrogens is 12. The van der Waals surface area contributed by atoms with Crippen LogP contribution < -0.4 is 0 Å². The van der Waals surface area contributed by atoms with Crippen LogP contribution in [0.2, 0.25) is 0 Å². The second-order valence-corrected chi connectivity index (χ2v) is 10.5. The maximum Gasteiger partial charge on any atom is 0.0690 e. The van der Waals surface area contributed by atoms with Gasteiger partial charge in [-0.05, 0) is 33.4 Å². The van der Waals surface area contributed by atoms with Crippen LogP contribution in [0, 0.1) is 0 Å². The number of nitrogens with zero attached hydrogens (tertiary/aromatic N) is 8. The van der Waals surface area contributed by atoms with Gasteiger partial charge >= 0.3 is 33.3 Å². The summed E-state index contributed by atoms with van der Waals surface area (Å²) in [5.74, 6) is 0. The molecule has 4 aromatic carbocycles. The summed E-state index contributed by atoms with van der Waals surface area (Å²) in [6.45, 7) is 0. The van der Waals surface area contributed by atoms with E-state index >= 15 is 0 Å². The van der Waals surface area contributed by atoms with Crippen molar-refractivity contribution in [3.63, 3.8) is 0 Å². The maximum atomic E-state index is 4.67. The molecule has 0 amide bonds. The van der Waals surface area contributed by atoms with Gasteiger partial charge in [-0.1, -0.05) is 142 Å². The van der Waals surface area contributed by atoms with E-state index < -0.39 is 0 Å². The first-order valence-corrected chi connectivity index (χ1v) is 16.9. The molecule has 0 aliphatic carbocycles. The van der Waals surface area contributed by atoms with Crippen molar-refractivity contribution in [1.29, 1.82) is 0 Å². The van der Waals surface area contributed by atoms with Crippen molar-refractivity contribution in [2.45, 2.75) is 0 Å². The maximum absolute atomic E-state index is 4.67. The van der Waals surface area contributed by atoms with Crippen LogP contribution in [-0.4, -0.2) is 61.6 Å². The fourth-order valence-corrected chi connectivity index (χ4v) is 4.00. The van der Waals surface area contributed by atoms with E-state index in [2.05, 4.69) is 203 Å². The molecule has 12 nitrogen and oxygen atoms in total. The van der Waals surface area contributed by atoms with Gasteiger partial charge in [-0.15, -0.1) is 20.4 Å². The van der Waals surface area contributed by atoms with Crippen LogP contribution in [0.1, 0.15) is 22.3 Å². The van der Waals surface area contributed by atoms with Gasteiger partial charge in [-0.3, -0.25) is 20.4 Å². The molecule has 4 heterocycles. The van der Waals surface area contributed by atoms with E-state index in [0.717, 1.165) is 13.1 Å². The quantitative estimate of drug-likeness (QED) is 0.108. The Morgan fingerprint density at radius 3 is 0.694 bits per heavy atom. The van der Waals surface area contributed by atoms with E-state index in [9.17, 15) is 0 Å². The zero-order valence-electron chi connectivity index (χ0n) is 25.8. The van der Waals surface area contributed by atoms with Gasteiger partial charge in [0.25, 0.3) is 0 Å². The summed E-state index contributed by atoms with van der Waals surface area (Å²) in [6.07, 6.45) is 12.9. The zero-order valence-corrected chi connectivity index (χ0v) is 28.3. The monoisotopic (exact) mass is 741 g/mol. The molecule has 0 saturated carbocycles. The van der Waals surface area contributed by atoms with Crippen molar-refractivity contribution in [1.82, 2.24) is 61.6 Å². The minimum Gasteiger partial charge on any atom is -0.266 e. The molecule has 0 unspecified atom stereocenters. The average molecular weight is 743 g/mol. The van der Waals surface area contributed by atoms with Crippen LogP contribution in [0.3, 0.4) is 0 Å². The number of nitrogens with one attached hydrogen (secondary N) is 4. The summed E-state index contributed by atoms with van der Waals surface area (Å²) >= 11 is 0.757. The molecule has 15 heteroatoms. The molecule has 8 rings (SSSR count). The van der Waals surface area contributed by atoms with Crippen LogP contribution in [0.15, 0.2) is 171 Å². The van der Waals surface area contributed by atoms with Gasteiger partial charge in [0.2, 0.25) is 0 Å². The molecule has 8 aromatic rings. The fraction of sp³-hybridized carbons (Fsp3) is 0. The third-order valence-electron chi connectivity index (χ3n) is 5.82. The number of aromatic amines is 4. The first-order valence-electron chi connectivity index (χ1n) is 14.3. The Hall–Kier alpha value is -5.72. The van der Waals surface area contributed by atoms with E-state index in [1.54, 1.807) is 49.6 Å². The van der Waals surface area contributed by atoms with E-state index in [1.807, 2.05) is 0 Å². The van der Waals surface area contributed by atoms with Gasteiger partial charge in [0.15, 0.2) is 0 Å². The summed E-state index contributed by atoms with van der Waals surface area (Å²) < 4.78 is 0. The molecule has 253 valence electrons. The van der Waals surface area contributed by atoms with E-state index in [1.165, 1.54) is 33.4 Å². The van der Waals surface area contributed by atoms with E-state index in [4.69, 9.17) is 0 Å².